The lowest BCUT2D eigenvalue weighted by Crippen LogP contribution is -2.40. The third kappa shape index (κ3) is 6.48. The van der Waals surface area contributed by atoms with Gasteiger partial charge < -0.3 is 25.6 Å². The van der Waals surface area contributed by atoms with Crippen molar-refractivity contribution >= 4 is 11.8 Å². The van der Waals surface area contributed by atoms with Crippen LogP contribution >= 0.6 is 0 Å². The number of nitrogens with zero attached hydrogens (tertiary/aromatic N) is 2. The summed E-state index contributed by atoms with van der Waals surface area (Å²) in [7, 11) is 1.65. The van der Waals surface area contributed by atoms with Gasteiger partial charge in [-0.2, -0.15) is 5.10 Å². The highest BCUT2D eigenvalue weighted by molar-refractivity contribution is 5.94. The van der Waals surface area contributed by atoms with E-state index in [4.69, 9.17) is 4.74 Å². The molecular formula is C18H24N4O5. The number of amides is 2. The first-order valence-corrected chi connectivity index (χ1v) is 8.51. The predicted octanol–water partition coefficient (Wildman–Crippen LogP) is -0.682. The van der Waals surface area contributed by atoms with Crippen molar-refractivity contribution in [2.24, 2.45) is 7.05 Å². The molecule has 0 aliphatic rings. The Balaban J connectivity index is 1.69. The maximum Gasteiger partial charge on any atom is 0.269 e. The van der Waals surface area contributed by atoms with Gasteiger partial charge in [-0.1, -0.05) is 18.2 Å². The number of carbonyl (C=O) groups excluding carboxylic acids is 2. The molecule has 1 aromatic carbocycles. The van der Waals surface area contributed by atoms with Crippen molar-refractivity contribution in [3.05, 3.63) is 53.9 Å². The molecule has 2 amide bonds. The Labute approximate surface area is 157 Å². The first-order valence-electron chi connectivity index (χ1n) is 8.51. The van der Waals surface area contributed by atoms with Gasteiger partial charge in [0.15, 0.2) is 0 Å². The number of carbonyl (C=O) groups is 2. The van der Waals surface area contributed by atoms with Gasteiger partial charge in [-0.15, -0.1) is 0 Å². The molecule has 0 saturated carbocycles. The van der Waals surface area contributed by atoms with Gasteiger partial charge in [0, 0.05) is 31.9 Å². The van der Waals surface area contributed by atoms with E-state index in [1.807, 2.05) is 6.07 Å². The SMILES string of the molecule is Cn1nccc1C(=O)NC[C@H](CO)OC[C@@H](O)CNC(=O)c1ccccc1. The first kappa shape index (κ1) is 20.6. The second kappa shape index (κ2) is 10.4. The van der Waals surface area contributed by atoms with Crippen molar-refractivity contribution in [1.82, 2.24) is 20.4 Å². The summed E-state index contributed by atoms with van der Waals surface area (Å²) < 4.78 is 6.83. The largest absolute Gasteiger partial charge is 0.394 e. The van der Waals surface area contributed by atoms with Crippen LogP contribution in [0.15, 0.2) is 42.6 Å². The molecule has 9 heteroatoms. The zero-order valence-corrected chi connectivity index (χ0v) is 15.0. The van der Waals surface area contributed by atoms with E-state index in [1.165, 1.54) is 10.9 Å². The van der Waals surface area contributed by atoms with Crippen molar-refractivity contribution < 1.29 is 24.5 Å². The number of benzene rings is 1. The number of hydrogen-bond acceptors (Lipinski definition) is 6. The van der Waals surface area contributed by atoms with Gasteiger partial charge in [0.1, 0.15) is 5.69 Å². The van der Waals surface area contributed by atoms with Crippen LogP contribution in [-0.2, 0) is 11.8 Å². The number of aryl methyl sites for hydroxylation is 1. The van der Waals surface area contributed by atoms with E-state index in [9.17, 15) is 19.8 Å². The first-order chi connectivity index (χ1) is 13.0. The number of ether oxygens (including phenoxy) is 1. The van der Waals surface area contributed by atoms with Crippen molar-refractivity contribution in [3.8, 4) is 0 Å². The number of hydrogen-bond donors (Lipinski definition) is 4. The van der Waals surface area contributed by atoms with Crippen LogP contribution in [0.2, 0.25) is 0 Å². The molecule has 27 heavy (non-hydrogen) atoms. The van der Waals surface area contributed by atoms with Crippen LogP contribution < -0.4 is 10.6 Å². The second-order valence-electron chi connectivity index (χ2n) is 5.92. The molecule has 2 atom stereocenters. The Morgan fingerprint density at radius 1 is 1.15 bits per heavy atom. The fraction of sp³-hybridized carbons (Fsp3) is 0.389. The monoisotopic (exact) mass is 376 g/mol. The minimum atomic E-state index is -0.945. The third-order valence-corrected chi connectivity index (χ3v) is 3.81. The molecule has 4 N–H and O–H groups in total. The predicted molar refractivity (Wildman–Crippen MR) is 97.1 cm³/mol. The van der Waals surface area contributed by atoms with Gasteiger partial charge in [-0.05, 0) is 18.2 Å². The second-order valence-corrected chi connectivity index (χ2v) is 5.92. The number of aromatic nitrogens is 2. The molecule has 0 bridgehead atoms. The molecule has 2 aromatic rings. The molecule has 0 fully saturated rings. The summed E-state index contributed by atoms with van der Waals surface area (Å²) in [4.78, 5) is 23.9. The molecular weight excluding hydrogens is 352 g/mol. The Morgan fingerprint density at radius 3 is 2.48 bits per heavy atom. The lowest BCUT2D eigenvalue weighted by Gasteiger charge is -2.19. The van der Waals surface area contributed by atoms with E-state index in [1.54, 1.807) is 37.4 Å². The topological polar surface area (TPSA) is 126 Å². The molecule has 0 unspecified atom stereocenters. The maximum atomic E-state index is 12.0. The summed E-state index contributed by atoms with van der Waals surface area (Å²) in [5.41, 5.74) is 0.882. The molecule has 0 saturated heterocycles. The fourth-order valence-corrected chi connectivity index (χ4v) is 2.28. The fourth-order valence-electron chi connectivity index (χ4n) is 2.28. The van der Waals surface area contributed by atoms with Gasteiger partial charge in [-0.25, -0.2) is 0 Å². The van der Waals surface area contributed by atoms with Crippen LogP contribution in [0, 0.1) is 0 Å². The lowest BCUT2D eigenvalue weighted by atomic mass is 10.2. The van der Waals surface area contributed by atoms with E-state index in [2.05, 4.69) is 15.7 Å². The highest BCUT2D eigenvalue weighted by atomic mass is 16.5. The van der Waals surface area contributed by atoms with Crippen molar-refractivity contribution in [3.63, 3.8) is 0 Å². The number of aliphatic hydroxyl groups is 2. The molecule has 0 aliphatic carbocycles. The van der Waals surface area contributed by atoms with E-state index in [-0.39, 0.29) is 38.1 Å². The van der Waals surface area contributed by atoms with Crippen molar-refractivity contribution in [2.75, 3.05) is 26.3 Å². The summed E-state index contributed by atoms with van der Waals surface area (Å²) >= 11 is 0. The van der Waals surface area contributed by atoms with Crippen molar-refractivity contribution in [1.29, 1.82) is 0 Å². The van der Waals surface area contributed by atoms with Crippen LogP contribution in [-0.4, -0.2) is 70.3 Å². The minimum Gasteiger partial charge on any atom is -0.394 e. The van der Waals surface area contributed by atoms with E-state index in [0.29, 0.717) is 11.3 Å². The zero-order valence-electron chi connectivity index (χ0n) is 15.0. The van der Waals surface area contributed by atoms with Gasteiger partial charge in [0.05, 0.1) is 25.4 Å². The highest BCUT2D eigenvalue weighted by Gasteiger charge is 2.16. The highest BCUT2D eigenvalue weighted by Crippen LogP contribution is 1.99. The van der Waals surface area contributed by atoms with Crippen LogP contribution in [0.3, 0.4) is 0 Å². The van der Waals surface area contributed by atoms with Gasteiger partial charge in [-0.3, -0.25) is 14.3 Å². The molecule has 0 aliphatic heterocycles. The Hall–Kier alpha value is -2.75. The van der Waals surface area contributed by atoms with Crippen LogP contribution in [0.5, 0.6) is 0 Å². The van der Waals surface area contributed by atoms with E-state index < -0.39 is 12.2 Å². The summed E-state index contributed by atoms with van der Waals surface area (Å²) in [5, 5.41) is 28.4. The lowest BCUT2D eigenvalue weighted by molar-refractivity contribution is -0.0290. The number of nitrogens with one attached hydrogen (secondary N) is 2. The molecule has 2 rings (SSSR count). The molecule has 0 spiro atoms. The van der Waals surface area contributed by atoms with E-state index >= 15 is 0 Å². The summed E-state index contributed by atoms with van der Waals surface area (Å²) in [5.74, 6) is -0.635. The molecule has 1 heterocycles. The number of rotatable bonds is 10. The van der Waals surface area contributed by atoms with Crippen LogP contribution in [0.1, 0.15) is 20.8 Å². The zero-order chi connectivity index (χ0) is 19.6. The average molecular weight is 376 g/mol. The Morgan fingerprint density at radius 2 is 1.85 bits per heavy atom. The standard InChI is InChI=1S/C18H24N4O5/c1-22-16(7-8-21-22)18(26)20-10-15(11-23)27-12-14(24)9-19-17(25)13-5-3-2-4-6-13/h2-8,14-15,23-24H,9-12H2,1H3,(H,19,25)(H,20,26)/t14-,15+/m0/s1. The Kier molecular flexibility index (Phi) is 7.93. The van der Waals surface area contributed by atoms with Gasteiger partial charge in [0.2, 0.25) is 0 Å². The molecule has 0 radical (unpaired) electrons. The molecule has 146 valence electrons. The Bertz CT molecular complexity index is 734. The van der Waals surface area contributed by atoms with Crippen LogP contribution in [0.4, 0.5) is 0 Å². The quantitative estimate of drug-likeness (QED) is 0.435. The third-order valence-electron chi connectivity index (χ3n) is 3.81. The summed E-state index contributed by atoms with van der Waals surface area (Å²) in [6, 6.07) is 10.2. The summed E-state index contributed by atoms with van der Waals surface area (Å²) in [6.45, 7) is -0.340. The minimum absolute atomic E-state index is 0.00720. The average Bonchev–Trinajstić information content (AvgIpc) is 3.12. The molecule has 9 nitrogen and oxygen atoms in total. The van der Waals surface area contributed by atoms with Crippen molar-refractivity contribution in [2.45, 2.75) is 12.2 Å². The summed E-state index contributed by atoms with van der Waals surface area (Å²) in [6.07, 6.45) is -0.115. The normalized spacial score (nSPS) is 13.0. The maximum absolute atomic E-state index is 12.0. The van der Waals surface area contributed by atoms with Gasteiger partial charge in [0.25, 0.3) is 11.8 Å². The van der Waals surface area contributed by atoms with Crippen LogP contribution in [0.25, 0.3) is 0 Å². The van der Waals surface area contributed by atoms with Gasteiger partial charge >= 0.3 is 0 Å². The van der Waals surface area contributed by atoms with E-state index in [0.717, 1.165) is 0 Å². The smallest absolute Gasteiger partial charge is 0.269 e. The number of aliphatic hydroxyl groups excluding tert-OH is 2. The molecule has 1 aromatic heterocycles.